The van der Waals surface area contributed by atoms with Gasteiger partial charge in [-0.15, -0.1) is 0 Å². The first-order valence-electron chi connectivity index (χ1n) is 4.91. The highest BCUT2D eigenvalue weighted by atomic mass is 19.4. The SMILES string of the molecule is CC(C)CN(CC(N)=O)C(=O)C(F)(F)C(F)(F)F. The summed E-state index contributed by atoms with van der Waals surface area (Å²) in [6, 6.07) is 0. The summed E-state index contributed by atoms with van der Waals surface area (Å²) in [6.45, 7) is 1.58. The smallest absolute Gasteiger partial charge is 0.368 e. The van der Waals surface area contributed by atoms with E-state index in [2.05, 4.69) is 0 Å². The molecule has 0 aromatic heterocycles. The standard InChI is InChI=1S/C9H13F5N2O2/c1-5(2)3-16(4-6(15)17)7(18)8(10,11)9(12,13)14/h5H,3-4H2,1-2H3,(H2,15,17). The highest BCUT2D eigenvalue weighted by Crippen LogP contribution is 2.36. The van der Waals surface area contributed by atoms with Crippen LogP contribution in [-0.2, 0) is 9.59 Å². The van der Waals surface area contributed by atoms with Gasteiger partial charge in [-0.2, -0.15) is 22.0 Å². The molecule has 0 bridgehead atoms. The predicted molar refractivity (Wildman–Crippen MR) is 51.6 cm³/mol. The topological polar surface area (TPSA) is 63.4 Å². The largest absolute Gasteiger partial charge is 0.463 e. The first kappa shape index (κ1) is 16.6. The molecule has 0 aliphatic heterocycles. The molecule has 0 spiro atoms. The zero-order chi connectivity index (χ0) is 14.7. The third-order valence-electron chi connectivity index (χ3n) is 1.84. The minimum absolute atomic E-state index is 0.112. The summed E-state index contributed by atoms with van der Waals surface area (Å²) in [6.07, 6.45) is -6.00. The number of carbonyl (C=O) groups excluding carboxylic acids is 2. The van der Waals surface area contributed by atoms with Gasteiger partial charge in [0, 0.05) is 6.54 Å². The number of hydrogen-bond donors (Lipinski definition) is 1. The molecule has 0 radical (unpaired) electrons. The van der Waals surface area contributed by atoms with E-state index in [0.29, 0.717) is 0 Å². The van der Waals surface area contributed by atoms with Gasteiger partial charge in [-0.05, 0) is 5.92 Å². The molecule has 0 aromatic carbocycles. The lowest BCUT2D eigenvalue weighted by Crippen LogP contribution is -2.54. The van der Waals surface area contributed by atoms with E-state index in [4.69, 9.17) is 5.73 Å². The summed E-state index contributed by atoms with van der Waals surface area (Å²) >= 11 is 0. The van der Waals surface area contributed by atoms with Crippen molar-refractivity contribution in [2.45, 2.75) is 25.9 Å². The maximum atomic E-state index is 12.8. The predicted octanol–water partition coefficient (Wildman–Crippen LogP) is 1.15. The van der Waals surface area contributed by atoms with Crippen molar-refractivity contribution in [3.63, 3.8) is 0 Å². The molecule has 4 nitrogen and oxygen atoms in total. The highest BCUT2D eigenvalue weighted by molar-refractivity contribution is 5.88. The van der Waals surface area contributed by atoms with Crippen LogP contribution in [-0.4, -0.2) is 41.9 Å². The van der Waals surface area contributed by atoms with Crippen LogP contribution in [0.4, 0.5) is 22.0 Å². The molecule has 0 heterocycles. The summed E-state index contributed by atoms with van der Waals surface area (Å²) < 4.78 is 61.6. The van der Waals surface area contributed by atoms with Gasteiger partial charge in [-0.3, -0.25) is 9.59 Å². The number of hydrogen-bond acceptors (Lipinski definition) is 2. The molecule has 0 atom stereocenters. The lowest BCUT2D eigenvalue weighted by Gasteiger charge is -2.28. The molecule has 0 saturated carbocycles. The minimum atomic E-state index is -6.00. The zero-order valence-corrected chi connectivity index (χ0v) is 9.72. The van der Waals surface area contributed by atoms with Crippen molar-refractivity contribution in [1.29, 1.82) is 0 Å². The Hall–Kier alpha value is -1.41. The van der Waals surface area contributed by atoms with Gasteiger partial charge >= 0.3 is 18.0 Å². The van der Waals surface area contributed by atoms with E-state index in [1.807, 2.05) is 0 Å². The van der Waals surface area contributed by atoms with E-state index < -0.39 is 42.9 Å². The number of rotatable bonds is 5. The average Bonchev–Trinajstić information content (AvgIpc) is 2.12. The Morgan fingerprint density at radius 2 is 1.61 bits per heavy atom. The van der Waals surface area contributed by atoms with Crippen LogP contribution in [0.3, 0.4) is 0 Å². The molecule has 0 unspecified atom stereocenters. The average molecular weight is 276 g/mol. The third kappa shape index (κ3) is 4.11. The number of nitrogens with two attached hydrogens (primary N) is 1. The Kier molecular flexibility index (Phi) is 5.06. The van der Waals surface area contributed by atoms with Gasteiger partial charge in [0.25, 0.3) is 0 Å². The summed E-state index contributed by atoms with van der Waals surface area (Å²) in [4.78, 5) is 21.8. The van der Waals surface area contributed by atoms with Crippen molar-refractivity contribution in [2.24, 2.45) is 11.7 Å². The molecule has 106 valence electrons. The van der Waals surface area contributed by atoms with E-state index in [0.717, 1.165) is 0 Å². The summed E-state index contributed by atoms with van der Waals surface area (Å²) in [5, 5.41) is 0. The maximum absolute atomic E-state index is 12.8. The number of amides is 2. The van der Waals surface area contributed by atoms with Gasteiger partial charge in [0.1, 0.15) is 0 Å². The molecular formula is C9H13F5N2O2. The molecule has 0 fully saturated rings. The fourth-order valence-electron chi connectivity index (χ4n) is 1.17. The Morgan fingerprint density at radius 1 is 1.17 bits per heavy atom. The molecule has 2 N–H and O–H groups in total. The van der Waals surface area contributed by atoms with Crippen LogP contribution in [0.1, 0.15) is 13.8 Å². The molecule has 0 aliphatic rings. The number of alkyl halides is 5. The van der Waals surface area contributed by atoms with Gasteiger partial charge in [0.2, 0.25) is 5.91 Å². The van der Waals surface area contributed by atoms with Crippen LogP contribution < -0.4 is 5.73 Å². The maximum Gasteiger partial charge on any atom is 0.463 e. The van der Waals surface area contributed by atoms with Gasteiger partial charge < -0.3 is 10.6 Å². The molecular weight excluding hydrogens is 263 g/mol. The van der Waals surface area contributed by atoms with Crippen molar-refractivity contribution >= 4 is 11.8 Å². The molecule has 18 heavy (non-hydrogen) atoms. The van der Waals surface area contributed by atoms with Crippen LogP contribution in [0, 0.1) is 5.92 Å². The van der Waals surface area contributed by atoms with Crippen LogP contribution in [0.15, 0.2) is 0 Å². The van der Waals surface area contributed by atoms with Crippen molar-refractivity contribution in [3.8, 4) is 0 Å². The summed E-state index contributed by atoms with van der Waals surface area (Å²) in [5.74, 6) is -9.56. The quantitative estimate of drug-likeness (QED) is 0.766. The lowest BCUT2D eigenvalue weighted by molar-refractivity contribution is -0.274. The molecule has 2 amide bonds. The van der Waals surface area contributed by atoms with Gasteiger partial charge in [-0.25, -0.2) is 0 Å². The van der Waals surface area contributed by atoms with E-state index >= 15 is 0 Å². The monoisotopic (exact) mass is 276 g/mol. The number of primary amides is 1. The second kappa shape index (κ2) is 5.49. The normalized spacial score (nSPS) is 12.7. The van der Waals surface area contributed by atoms with Crippen molar-refractivity contribution in [2.75, 3.05) is 13.1 Å². The lowest BCUT2D eigenvalue weighted by atomic mass is 10.2. The van der Waals surface area contributed by atoms with Gasteiger partial charge in [-0.1, -0.05) is 13.8 Å². The third-order valence-corrected chi connectivity index (χ3v) is 1.84. The zero-order valence-electron chi connectivity index (χ0n) is 9.72. The number of halogens is 5. The molecule has 0 aromatic rings. The fraction of sp³-hybridized carbons (Fsp3) is 0.778. The number of nitrogens with zero attached hydrogens (tertiary/aromatic N) is 1. The van der Waals surface area contributed by atoms with E-state index in [9.17, 15) is 31.5 Å². The van der Waals surface area contributed by atoms with E-state index in [-0.39, 0.29) is 4.90 Å². The number of carbonyl (C=O) groups is 2. The highest BCUT2D eigenvalue weighted by Gasteiger charge is 2.64. The van der Waals surface area contributed by atoms with Gasteiger partial charge in [0.15, 0.2) is 0 Å². The second-order valence-electron chi connectivity index (χ2n) is 4.12. The van der Waals surface area contributed by atoms with Crippen LogP contribution in [0.25, 0.3) is 0 Å². The van der Waals surface area contributed by atoms with Gasteiger partial charge in [0.05, 0.1) is 6.54 Å². The second-order valence-corrected chi connectivity index (χ2v) is 4.12. The summed E-state index contributed by atoms with van der Waals surface area (Å²) in [7, 11) is 0. The molecule has 9 heteroatoms. The van der Waals surface area contributed by atoms with Crippen molar-refractivity contribution in [3.05, 3.63) is 0 Å². The first-order chi connectivity index (χ1) is 7.89. The Labute approximate surface area is 99.9 Å². The Balaban J connectivity index is 5.12. The molecule has 0 rings (SSSR count). The molecule has 0 aliphatic carbocycles. The Bertz CT molecular complexity index is 327. The Morgan fingerprint density at radius 3 is 1.89 bits per heavy atom. The van der Waals surface area contributed by atoms with Crippen molar-refractivity contribution < 1.29 is 31.5 Å². The van der Waals surface area contributed by atoms with Crippen molar-refractivity contribution in [1.82, 2.24) is 4.90 Å². The fourth-order valence-corrected chi connectivity index (χ4v) is 1.17. The van der Waals surface area contributed by atoms with Crippen LogP contribution in [0.2, 0.25) is 0 Å². The first-order valence-corrected chi connectivity index (χ1v) is 4.91. The minimum Gasteiger partial charge on any atom is -0.368 e. The summed E-state index contributed by atoms with van der Waals surface area (Å²) in [5.41, 5.74) is 4.70. The molecule has 0 saturated heterocycles. The van der Waals surface area contributed by atoms with E-state index in [1.54, 1.807) is 0 Å². The van der Waals surface area contributed by atoms with E-state index in [1.165, 1.54) is 13.8 Å². The van der Waals surface area contributed by atoms with Crippen LogP contribution >= 0.6 is 0 Å². The van der Waals surface area contributed by atoms with Crippen LogP contribution in [0.5, 0.6) is 0 Å².